The van der Waals surface area contributed by atoms with Crippen LogP contribution >= 0.6 is 0 Å². The lowest BCUT2D eigenvalue weighted by Crippen LogP contribution is -2.46. The van der Waals surface area contributed by atoms with E-state index in [2.05, 4.69) is 5.32 Å². The second-order valence-corrected chi connectivity index (χ2v) is 6.09. The topological polar surface area (TPSA) is 24.5 Å². The summed E-state index contributed by atoms with van der Waals surface area (Å²) in [6.45, 7) is 2.70. The summed E-state index contributed by atoms with van der Waals surface area (Å²) >= 11 is 0. The minimum absolute atomic E-state index is 0.626. The van der Waals surface area contributed by atoms with Crippen LogP contribution in [-0.4, -0.2) is 44.4 Å². The minimum atomic E-state index is -4.19. The Hall–Kier alpha value is -1.79. The van der Waals surface area contributed by atoms with Gasteiger partial charge in [-0.3, -0.25) is 4.90 Å². The number of benzene rings is 2. The van der Waals surface area contributed by atoms with Gasteiger partial charge in [0.1, 0.15) is 5.75 Å². The summed E-state index contributed by atoms with van der Waals surface area (Å²) in [7, 11) is 1.60. The molecule has 1 aliphatic rings. The molecular weight excluding hydrogens is 317 g/mol. The van der Waals surface area contributed by atoms with Gasteiger partial charge in [0.25, 0.3) is 0 Å². The quantitative estimate of drug-likeness (QED) is 0.919. The van der Waals surface area contributed by atoms with Crippen molar-refractivity contribution in [2.75, 3.05) is 33.3 Å². The van der Waals surface area contributed by atoms with E-state index in [9.17, 15) is 13.2 Å². The van der Waals surface area contributed by atoms with Crippen LogP contribution in [0.25, 0.3) is 10.8 Å². The van der Waals surface area contributed by atoms with Crippen molar-refractivity contribution in [3.63, 3.8) is 0 Å². The average molecular weight is 338 g/mol. The van der Waals surface area contributed by atoms with Crippen molar-refractivity contribution in [1.82, 2.24) is 10.2 Å². The van der Waals surface area contributed by atoms with E-state index in [4.69, 9.17) is 4.74 Å². The number of alkyl halides is 3. The highest BCUT2D eigenvalue weighted by Crippen LogP contribution is 2.35. The molecule has 0 unspecified atom stereocenters. The molecule has 2 aromatic carbocycles. The monoisotopic (exact) mass is 338 g/mol. The largest absolute Gasteiger partial charge is 0.497 e. The molecule has 0 aromatic heterocycles. The summed E-state index contributed by atoms with van der Waals surface area (Å²) < 4.78 is 44.5. The number of nitrogens with one attached hydrogen (secondary N) is 1. The SMILES string of the molecule is COc1ccc2cc([C@H](CC(F)(F)F)N3CCNCC3)ccc2c1. The summed E-state index contributed by atoms with van der Waals surface area (Å²) in [5, 5.41) is 5.08. The van der Waals surface area contributed by atoms with Gasteiger partial charge in [-0.15, -0.1) is 0 Å². The molecule has 1 aliphatic heterocycles. The van der Waals surface area contributed by atoms with Gasteiger partial charge in [0.15, 0.2) is 0 Å². The van der Waals surface area contributed by atoms with Crippen molar-refractivity contribution in [3.05, 3.63) is 42.0 Å². The lowest BCUT2D eigenvalue weighted by molar-refractivity contribution is -0.148. The highest BCUT2D eigenvalue weighted by atomic mass is 19.4. The molecule has 6 heteroatoms. The number of halogens is 3. The number of fused-ring (bicyclic) bond motifs is 1. The number of ether oxygens (including phenoxy) is 1. The van der Waals surface area contributed by atoms with Gasteiger partial charge in [0.2, 0.25) is 0 Å². The lowest BCUT2D eigenvalue weighted by Gasteiger charge is -2.35. The highest BCUT2D eigenvalue weighted by molar-refractivity contribution is 5.84. The van der Waals surface area contributed by atoms with Crippen LogP contribution in [0.5, 0.6) is 5.75 Å². The average Bonchev–Trinajstić information content (AvgIpc) is 2.59. The number of hydrogen-bond acceptors (Lipinski definition) is 3. The van der Waals surface area contributed by atoms with Crippen molar-refractivity contribution in [1.29, 1.82) is 0 Å². The molecule has 1 fully saturated rings. The predicted octanol–water partition coefficient (Wildman–Crippen LogP) is 3.75. The van der Waals surface area contributed by atoms with Crippen LogP contribution in [-0.2, 0) is 0 Å². The summed E-state index contributed by atoms with van der Waals surface area (Å²) in [4.78, 5) is 1.93. The Kier molecular flexibility index (Phi) is 4.96. The molecular formula is C18H21F3N2O. The zero-order valence-corrected chi connectivity index (χ0v) is 13.6. The summed E-state index contributed by atoms with van der Waals surface area (Å²) in [6, 6.07) is 10.5. The number of hydrogen-bond donors (Lipinski definition) is 1. The van der Waals surface area contributed by atoms with E-state index in [-0.39, 0.29) is 0 Å². The molecule has 1 atom stereocenters. The fraction of sp³-hybridized carbons (Fsp3) is 0.444. The van der Waals surface area contributed by atoms with Crippen molar-refractivity contribution in [3.8, 4) is 5.75 Å². The maximum Gasteiger partial charge on any atom is 0.390 e. The summed E-state index contributed by atoms with van der Waals surface area (Å²) in [5.74, 6) is 0.740. The van der Waals surface area contributed by atoms with Crippen LogP contribution in [0.2, 0.25) is 0 Å². The number of nitrogens with zero attached hydrogens (tertiary/aromatic N) is 1. The standard InChI is InChI=1S/C18H21F3N2O/c1-24-16-5-4-13-10-15(3-2-14(13)11-16)17(12-18(19,20)21)23-8-6-22-7-9-23/h2-5,10-11,17,22H,6-9,12H2,1H3/t17-/m0/s1. The third-order valence-electron chi connectivity index (χ3n) is 4.47. The summed E-state index contributed by atoms with van der Waals surface area (Å²) in [6.07, 6.45) is -5.01. The van der Waals surface area contributed by atoms with Crippen LogP contribution in [0.3, 0.4) is 0 Å². The van der Waals surface area contributed by atoms with Gasteiger partial charge in [-0.2, -0.15) is 13.2 Å². The van der Waals surface area contributed by atoms with Crippen LogP contribution < -0.4 is 10.1 Å². The Morgan fingerprint density at radius 3 is 2.42 bits per heavy atom. The third-order valence-corrected chi connectivity index (χ3v) is 4.47. The first-order valence-corrected chi connectivity index (χ1v) is 8.05. The van der Waals surface area contributed by atoms with Crippen molar-refractivity contribution >= 4 is 10.8 Å². The Morgan fingerprint density at radius 1 is 1.08 bits per heavy atom. The van der Waals surface area contributed by atoms with E-state index in [1.54, 1.807) is 13.2 Å². The molecule has 3 rings (SSSR count). The molecule has 24 heavy (non-hydrogen) atoms. The Bertz CT molecular complexity index is 696. The number of piperazine rings is 1. The molecule has 0 bridgehead atoms. The summed E-state index contributed by atoms with van der Waals surface area (Å²) in [5.41, 5.74) is 0.715. The fourth-order valence-electron chi connectivity index (χ4n) is 3.25. The fourth-order valence-corrected chi connectivity index (χ4v) is 3.25. The van der Waals surface area contributed by atoms with E-state index >= 15 is 0 Å². The molecule has 1 N–H and O–H groups in total. The van der Waals surface area contributed by atoms with Gasteiger partial charge in [-0.05, 0) is 34.5 Å². The first-order chi connectivity index (χ1) is 11.5. The first kappa shape index (κ1) is 17.0. The molecule has 0 amide bonds. The molecule has 0 aliphatic carbocycles. The van der Waals surface area contributed by atoms with Crippen molar-refractivity contribution in [2.24, 2.45) is 0 Å². The maximum atomic E-state index is 13.1. The number of rotatable bonds is 4. The predicted molar refractivity (Wildman–Crippen MR) is 88.4 cm³/mol. The van der Waals surface area contributed by atoms with Gasteiger partial charge in [-0.25, -0.2) is 0 Å². The molecule has 2 aromatic rings. The highest BCUT2D eigenvalue weighted by Gasteiger charge is 2.36. The Labute approximate surface area is 139 Å². The van der Waals surface area contributed by atoms with Gasteiger partial charge in [-0.1, -0.05) is 18.2 Å². The van der Waals surface area contributed by atoms with Crippen molar-refractivity contribution in [2.45, 2.75) is 18.6 Å². The normalized spacial score (nSPS) is 17.8. The van der Waals surface area contributed by atoms with E-state index in [0.717, 1.165) is 29.6 Å². The first-order valence-electron chi connectivity index (χ1n) is 8.05. The van der Waals surface area contributed by atoms with Gasteiger partial charge in [0.05, 0.1) is 13.5 Å². The second kappa shape index (κ2) is 6.99. The van der Waals surface area contributed by atoms with E-state index in [0.29, 0.717) is 18.7 Å². The molecule has 3 nitrogen and oxygen atoms in total. The van der Waals surface area contributed by atoms with E-state index in [1.807, 2.05) is 35.2 Å². The van der Waals surface area contributed by atoms with Crippen LogP contribution in [0.15, 0.2) is 36.4 Å². The minimum Gasteiger partial charge on any atom is -0.497 e. The van der Waals surface area contributed by atoms with Gasteiger partial charge in [0, 0.05) is 32.2 Å². The molecule has 1 heterocycles. The Balaban J connectivity index is 1.94. The molecule has 0 spiro atoms. The van der Waals surface area contributed by atoms with Crippen LogP contribution in [0, 0.1) is 0 Å². The smallest absolute Gasteiger partial charge is 0.390 e. The molecule has 0 radical (unpaired) electrons. The third kappa shape index (κ3) is 3.99. The van der Waals surface area contributed by atoms with E-state index in [1.165, 1.54) is 0 Å². The van der Waals surface area contributed by atoms with Crippen molar-refractivity contribution < 1.29 is 17.9 Å². The Morgan fingerprint density at radius 2 is 1.75 bits per heavy atom. The number of methoxy groups -OCH3 is 1. The second-order valence-electron chi connectivity index (χ2n) is 6.09. The molecule has 0 saturated carbocycles. The van der Waals surface area contributed by atoms with Crippen LogP contribution in [0.1, 0.15) is 18.0 Å². The van der Waals surface area contributed by atoms with Crippen LogP contribution in [0.4, 0.5) is 13.2 Å². The van der Waals surface area contributed by atoms with Gasteiger partial charge < -0.3 is 10.1 Å². The molecule has 130 valence electrons. The maximum absolute atomic E-state index is 13.1. The molecule has 1 saturated heterocycles. The lowest BCUT2D eigenvalue weighted by atomic mass is 9.97. The zero-order chi connectivity index (χ0) is 17.2. The van der Waals surface area contributed by atoms with E-state index < -0.39 is 18.6 Å². The van der Waals surface area contributed by atoms with Gasteiger partial charge >= 0.3 is 6.18 Å². The zero-order valence-electron chi connectivity index (χ0n) is 13.6.